The van der Waals surface area contributed by atoms with Crippen molar-refractivity contribution in [3.63, 3.8) is 0 Å². The quantitative estimate of drug-likeness (QED) is 0.861. The van der Waals surface area contributed by atoms with Crippen molar-refractivity contribution in [3.05, 3.63) is 51.7 Å². The third-order valence-electron chi connectivity index (χ3n) is 3.78. The van der Waals surface area contributed by atoms with Crippen LogP contribution in [0, 0.1) is 11.8 Å². The van der Waals surface area contributed by atoms with Crippen LogP contribution in [-0.2, 0) is 13.0 Å². The summed E-state index contributed by atoms with van der Waals surface area (Å²) in [7, 11) is 0. The van der Waals surface area contributed by atoms with Crippen LogP contribution >= 0.6 is 11.3 Å². The molecule has 1 aliphatic rings. The van der Waals surface area contributed by atoms with E-state index in [4.69, 9.17) is 5.73 Å². The molecule has 3 rings (SSSR count). The number of hydrogen-bond acceptors (Lipinski definition) is 3. The highest BCUT2D eigenvalue weighted by atomic mass is 32.1. The van der Waals surface area contributed by atoms with Crippen LogP contribution in [0.1, 0.15) is 28.2 Å². The highest BCUT2D eigenvalue weighted by molar-refractivity contribution is 7.12. The number of thiophene rings is 1. The summed E-state index contributed by atoms with van der Waals surface area (Å²) in [5, 5.41) is 0. The Hall–Kier alpha value is -1.76. The second kappa shape index (κ2) is 6.80. The highest BCUT2D eigenvalue weighted by Crippen LogP contribution is 2.28. The summed E-state index contributed by atoms with van der Waals surface area (Å²) in [6.45, 7) is 2.54. The van der Waals surface area contributed by atoms with Gasteiger partial charge >= 0.3 is 0 Å². The third kappa shape index (κ3) is 3.47. The smallest absolute Gasteiger partial charge is 0.0772 e. The number of benzene rings is 1. The fraction of sp³-hybridized carbons (Fsp3) is 0.333. The van der Waals surface area contributed by atoms with Crippen LogP contribution in [0.5, 0.6) is 0 Å². The van der Waals surface area contributed by atoms with E-state index in [0.717, 1.165) is 18.0 Å². The van der Waals surface area contributed by atoms with Crippen molar-refractivity contribution in [2.24, 2.45) is 5.73 Å². The Morgan fingerprint density at radius 1 is 1.14 bits per heavy atom. The van der Waals surface area contributed by atoms with E-state index in [0.29, 0.717) is 6.54 Å². The van der Waals surface area contributed by atoms with Gasteiger partial charge in [-0.05, 0) is 43.0 Å². The molecule has 0 aliphatic carbocycles. The number of rotatable bonds is 2. The summed E-state index contributed by atoms with van der Waals surface area (Å²) in [4.78, 5) is 4.99. The van der Waals surface area contributed by atoms with Gasteiger partial charge in [0.15, 0.2) is 0 Å². The summed E-state index contributed by atoms with van der Waals surface area (Å²) < 4.78 is 0. The van der Waals surface area contributed by atoms with E-state index in [9.17, 15) is 0 Å². The Balaban J connectivity index is 1.79. The molecule has 0 atom stereocenters. The molecule has 0 radical (unpaired) electrons. The molecule has 0 spiro atoms. The Morgan fingerprint density at radius 2 is 2.05 bits per heavy atom. The van der Waals surface area contributed by atoms with Gasteiger partial charge in [0.25, 0.3) is 0 Å². The van der Waals surface area contributed by atoms with Crippen LogP contribution < -0.4 is 10.6 Å². The molecule has 0 unspecified atom stereocenters. The predicted molar refractivity (Wildman–Crippen MR) is 90.7 cm³/mol. The van der Waals surface area contributed by atoms with Crippen molar-refractivity contribution in [3.8, 4) is 11.8 Å². The summed E-state index contributed by atoms with van der Waals surface area (Å²) in [5.41, 5.74) is 8.31. The molecule has 0 bridgehead atoms. The van der Waals surface area contributed by atoms with Crippen LogP contribution in [0.25, 0.3) is 0 Å². The minimum Gasteiger partial charge on any atom is -0.366 e. The summed E-state index contributed by atoms with van der Waals surface area (Å²) in [6.07, 6.45) is 3.75. The molecule has 2 aromatic rings. The van der Waals surface area contributed by atoms with E-state index in [1.807, 2.05) is 0 Å². The highest BCUT2D eigenvalue weighted by Gasteiger charge is 2.15. The third-order valence-corrected chi connectivity index (χ3v) is 4.76. The van der Waals surface area contributed by atoms with E-state index in [-0.39, 0.29) is 0 Å². The Bertz CT molecular complexity index is 663. The van der Waals surface area contributed by atoms with E-state index in [2.05, 4.69) is 53.1 Å². The van der Waals surface area contributed by atoms with Crippen LogP contribution in [-0.4, -0.2) is 13.1 Å². The zero-order valence-electron chi connectivity index (χ0n) is 12.1. The van der Waals surface area contributed by atoms with Crippen molar-refractivity contribution >= 4 is 17.0 Å². The van der Waals surface area contributed by atoms with E-state index in [1.165, 1.54) is 35.4 Å². The maximum Gasteiger partial charge on any atom is 0.0772 e. The standard InChI is InChI=1S/C18H20N2S/c19-12-5-8-16-10-11-17(21-16)14-20-13-4-3-7-15-6-1-2-9-18(15)20/h1-2,6,9-11H,3-4,7,12-14,19H2. The molecular weight excluding hydrogens is 276 g/mol. The van der Waals surface area contributed by atoms with Gasteiger partial charge in [0.1, 0.15) is 0 Å². The lowest BCUT2D eigenvalue weighted by atomic mass is 10.1. The summed E-state index contributed by atoms with van der Waals surface area (Å²) in [5.74, 6) is 6.04. The molecule has 2 N–H and O–H groups in total. The molecule has 2 nitrogen and oxygen atoms in total. The van der Waals surface area contributed by atoms with Crippen molar-refractivity contribution < 1.29 is 0 Å². The topological polar surface area (TPSA) is 29.3 Å². The molecule has 1 aromatic heterocycles. The molecular formula is C18H20N2S. The second-order valence-electron chi connectivity index (χ2n) is 5.28. The summed E-state index contributed by atoms with van der Waals surface area (Å²) >= 11 is 1.78. The first-order valence-corrected chi connectivity index (χ1v) is 8.29. The van der Waals surface area contributed by atoms with Gasteiger partial charge in [0.2, 0.25) is 0 Å². The lowest BCUT2D eigenvalue weighted by molar-refractivity contribution is 0.717. The molecule has 108 valence electrons. The monoisotopic (exact) mass is 296 g/mol. The zero-order chi connectivity index (χ0) is 14.5. The van der Waals surface area contributed by atoms with Crippen molar-refractivity contribution in [2.45, 2.75) is 25.8 Å². The number of nitrogens with zero attached hydrogens (tertiary/aromatic N) is 1. The van der Waals surface area contributed by atoms with E-state index >= 15 is 0 Å². The fourth-order valence-electron chi connectivity index (χ4n) is 2.79. The number of anilines is 1. The first kappa shape index (κ1) is 14.2. The Morgan fingerprint density at radius 3 is 2.95 bits per heavy atom. The molecule has 2 heterocycles. The zero-order valence-corrected chi connectivity index (χ0v) is 13.0. The molecule has 0 saturated heterocycles. The predicted octanol–water partition coefficient (Wildman–Crippen LogP) is 3.40. The molecule has 1 aliphatic heterocycles. The van der Waals surface area contributed by atoms with Gasteiger partial charge in [-0.3, -0.25) is 0 Å². The summed E-state index contributed by atoms with van der Waals surface area (Å²) in [6, 6.07) is 13.1. The number of fused-ring (bicyclic) bond motifs is 1. The van der Waals surface area contributed by atoms with Crippen LogP contribution in [0.3, 0.4) is 0 Å². The van der Waals surface area contributed by atoms with Gasteiger partial charge in [-0.1, -0.05) is 30.0 Å². The number of nitrogens with two attached hydrogens (primary N) is 1. The molecule has 3 heteroatoms. The largest absolute Gasteiger partial charge is 0.366 e. The minimum atomic E-state index is 0.423. The molecule has 21 heavy (non-hydrogen) atoms. The lowest BCUT2D eigenvalue weighted by Crippen LogP contribution is -2.22. The SMILES string of the molecule is NCC#Cc1ccc(CN2CCCCc3ccccc32)s1. The Labute approximate surface area is 130 Å². The maximum atomic E-state index is 5.43. The van der Waals surface area contributed by atoms with E-state index < -0.39 is 0 Å². The molecule has 0 amide bonds. The molecule has 0 saturated carbocycles. The average Bonchev–Trinajstić information content (AvgIpc) is 2.86. The first-order valence-electron chi connectivity index (χ1n) is 7.47. The first-order chi connectivity index (χ1) is 10.4. The van der Waals surface area contributed by atoms with Gasteiger partial charge < -0.3 is 10.6 Å². The lowest BCUT2D eigenvalue weighted by Gasteiger charge is -2.24. The second-order valence-corrected chi connectivity index (χ2v) is 6.45. The number of para-hydroxylation sites is 1. The number of hydrogen-bond donors (Lipinski definition) is 1. The molecule has 1 aromatic carbocycles. The normalized spacial score (nSPS) is 14.0. The van der Waals surface area contributed by atoms with Crippen LogP contribution in [0.4, 0.5) is 5.69 Å². The van der Waals surface area contributed by atoms with Crippen molar-refractivity contribution in [1.29, 1.82) is 0 Å². The fourth-order valence-corrected chi connectivity index (χ4v) is 3.69. The van der Waals surface area contributed by atoms with Gasteiger partial charge in [-0.2, -0.15) is 0 Å². The molecule has 0 fully saturated rings. The van der Waals surface area contributed by atoms with Crippen molar-refractivity contribution in [1.82, 2.24) is 0 Å². The van der Waals surface area contributed by atoms with Crippen LogP contribution in [0.15, 0.2) is 36.4 Å². The average molecular weight is 296 g/mol. The Kier molecular flexibility index (Phi) is 4.59. The van der Waals surface area contributed by atoms with Gasteiger partial charge in [-0.25, -0.2) is 0 Å². The van der Waals surface area contributed by atoms with Crippen molar-refractivity contribution in [2.75, 3.05) is 18.0 Å². The maximum absolute atomic E-state index is 5.43. The van der Waals surface area contributed by atoms with Gasteiger partial charge in [0.05, 0.1) is 18.0 Å². The van der Waals surface area contributed by atoms with Crippen LogP contribution in [0.2, 0.25) is 0 Å². The minimum absolute atomic E-state index is 0.423. The van der Waals surface area contributed by atoms with Gasteiger partial charge in [-0.15, -0.1) is 11.3 Å². The van der Waals surface area contributed by atoms with Gasteiger partial charge in [0, 0.05) is 17.1 Å². The number of aryl methyl sites for hydroxylation is 1. The van der Waals surface area contributed by atoms with E-state index in [1.54, 1.807) is 11.3 Å².